The second-order valence-corrected chi connectivity index (χ2v) is 3.60. The molecule has 0 unspecified atom stereocenters. The number of ether oxygens (including phenoxy) is 1. The van der Waals surface area contributed by atoms with Crippen molar-refractivity contribution >= 4 is 5.97 Å². The summed E-state index contributed by atoms with van der Waals surface area (Å²) in [6, 6.07) is 2.06. The van der Waals surface area contributed by atoms with E-state index in [4.69, 9.17) is 0 Å². The van der Waals surface area contributed by atoms with Gasteiger partial charge in [-0.1, -0.05) is 0 Å². The average molecular weight is 210 g/mol. The summed E-state index contributed by atoms with van der Waals surface area (Å²) in [6.45, 7) is 1.70. The molecule has 0 radical (unpaired) electrons. The summed E-state index contributed by atoms with van der Waals surface area (Å²) < 4.78 is 4.58. The normalized spacial score (nSPS) is 10.6. The molecule has 0 saturated carbocycles. The van der Waals surface area contributed by atoms with Crippen LogP contribution in [0.5, 0.6) is 0 Å². The van der Waals surface area contributed by atoms with Gasteiger partial charge in [0.1, 0.15) is 0 Å². The predicted octanol–water partition coefficient (Wildman–Crippen LogP) is 1.05. The quantitative estimate of drug-likeness (QED) is 0.714. The number of carbonyl (C=O) groups is 1. The predicted molar refractivity (Wildman–Crippen MR) is 58.6 cm³/mol. The number of rotatable bonds is 6. The van der Waals surface area contributed by atoms with Crippen LogP contribution >= 0.6 is 0 Å². The van der Waals surface area contributed by atoms with Crippen LogP contribution in [0.4, 0.5) is 0 Å². The Balaban J connectivity index is 2.13. The molecule has 4 nitrogen and oxygen atoms in total. The molecule has 0 bridgehead atoms. The molecule has 15 heavy (non-hydrogen) atoms. The van der Waals surface area contributed by atoms with Gasteiger partial charge in [0.05, 0.1) is 13.5 Å². The SMILES string of the molecule is COC(=O)CCN(C)CCc1cc[nH]c1. The van der Waals surface area contributed by atoms with Crippen LogP contribution < -0.4 is 0 Å². The van der Waals surface area contributed by atoms with Gasteiger partial charge in [-0.3, -0.25) is 4.79 Å². The van der Waals surface area contributed by atoms with Gasteiger partial charge < -0.3 is 14.6 Å². The molecule has 0 fully saturated rings. The highest BCUT2D eigenvalue weighted by molar-refractivity contribution is 5.69. The lowest BCUT2D eigenvalue weighted by Crippen LogP contribution is -2.24. The van der Waals surface area contributed by atoms with Gasteiger partial charge in [0.15, 0.2) is 0 Å². The van der Waals surface area contributed by atoms with Gasteiger partial charge in [-0.15, -0.1) is 0 Å². The maximum Gasteiger partial charge on any atom is 0.306 e. The number of aromatic nitrogens is 1. The topological polar surface area (TPSA) is 45.3 Å². The van der Waals surface area contributed by atoms with Crippen molar-refractivity contribution < 1.29 is 9.53 Å². The van der Waals surface area contributed by atoms with Crippen LogP contribution in [0.2, 0.25) is 0 Å². The summed E-state index contributed by atoms with van der Waals surface area (Å²) in [5, 5.41) is 0. The molecule has 0 aliphatic rings. The molecular formula is C11H18N2O2. The average Bonchev–Trinajstić information content (AvgIpc) is 2.75. The van der Waals surface area contributed by atoms with Crippen molar-refractivity contribution in [2.24, 2.45) is 0 Å². The van der Waals surface area contributed by atoms with E-state index >= 15 is 0 Å². The van der Waals surface area contributed by atoms with Crippen LogP contribution in [0.25, 0.3) is 0 Å². The monoisotopic (exact) mass is 210 g/mol. The Bertz CT molecular complexity index is 283. The van der Waals surface area contributed by atoms with E-state index < -0.39 is 0 Å². The van der Waals surface area contributed by atoms with Gasteiger partial charge in [0, 0.05) is 25.5 Å². The van der Waals surface area contributed by atoms with Gasteiger partial charge in [-0.25, -0.2) is 0 Å². The Labute approximate surface area is 90.2 Å². The molecule has 4 heteroatoms. The smallest absolute Gasteiger partial charge is 0.306 e. The number of hydrogen-bond donors (Lipinski definition) is 1. The first-order chi connectivity index (χ1) is 7.22. The number of carbonyl (C=O) groups excluding carboxylic acids is 1. The van der Waals surface area contributed by atoms with Crippen molar-refractivity contribution in [3.8, 4) is 0 Å². The highest BCUT2D eigenvalue weighted by atomic mass is 16.5. The van der Waals surface area contributed by atoms with Gasteiger partial charge in [0.25, 0.3) is 0 Å². The zero-order valence-electron chi connectivity index (χ0n) is 9.32. The van der Waals surface area contributed by atoms with Crippen LogP contribution in [-0.4, -0.2) is 43.1 Å². The van der Waals surface area contributed by atoms with Crippen LogP contribution in [0, 0.1) is 0 Å². The highest BCUT2D eigenvalue weighted by Gasteiger charge is 2.04. The molecule has 0 spiro atoms. The van der Waals surface area contributed by atoms with Crippen LogP contribution in [-0.2, 0) is 16.0 Å². The molecule has 1 N–H and O–H groups in total. The summed E-state index contributed by atoms with van der Waals surface area (Å²) >= 11 is 0. The lowest BCUT2D eigenvalue weighted by atomic mass is 10.2. The lowest BCUT2D eigenvalue weighted by Gasteiger charge is -2.14. The van der Waals surface area contributed by atoms with E-state index in [1.165, 1.54) is 12.7 Å². The highest BCUT2D eigenvalue weighted by Crippen LogP contribution is 1.99. The molecule has 0 amide bonds. The zero-order valence-corrected chi connectivity index (χ0v) is 9.32. The minimum Gasteiger partial charge on any atom is -0.469 e. The van der Waals surface area contributed by atoms with E-state index in [-0.39, 0.29) is 5.97 Å². The van der Waals surface area contributed by atoms with E-state index in [1.54, 1.807) is 0 Å². The largest absolute Gasteiger partial charge is 0.469 e. The number of esters is 1. The van der Waals surface area contributed by atoms with E-state index in [0.29, 0.717) is 6.42 Å². The molecule has 1 rings (SSSR count). The fourth-order valence-corrected chi connectivity index (χ4v) is 1.33. The fourth-order valence-electron chi connectivity index (χ4n) is 1.33. The van der Waals surface area contributed by atoms with Crippen molar-refractivity contribution in [3.63, 3.8) is 0 Å². The van der Waals surface area contributed by atoms with E-state index in [2.05, 4.69) is 20.7 Å². The molecule has 0 atom stereocenters. The summed E-state index contributed by atoms with van der Waals surface area (Å²) in [6.07, 6.45) is 5.37. The Morgan fingerprint density at radius 3 is 2.93 bits per heavy atom. The Morgan fingerprint density at radius 1 is 1.53 bits per heavy atom. The Hall–Kier alpha value is -1.29. The molecule has 0 aliphatic carbocycles. The van der Waals surface area contributed by atoms with Gasteiger partial charge >= 0.3 is 5.97 Å². The van der Waals surface area contributed by atoms with E-state index in [9.17, 15) is 4.79 Å². The van der Waals surface area contributed by atoms with Gasteiger partial charge in [-0.05, 0) is 25.1 Å². The van der Waals surface area contributed by atoms with Crippen molar-refractivity contribution in [1.82, 2.24) is 9.88 Å². The van der Waals surface area contributed by atoms with E-state index in [0.717, 1.165) is 19.5 Å². The summed E-state index contributed by atoms with van der Waals surface area (Å²) in [5.74, 6) is -0.150. The second kappa shape index (κ2) is 6.24. The molecule has 1 heterocycles. The fraction of sp³-hybridized carbons (Fsp3) is 0.545. The number of likely N-dealkylation sites (N-methyl/N-ethyl adjacent to an activating group) is 1. The first-order valence-electron chi connectivity index (χ1n) is 5.09. The molecule has 0 aromatic carbocycles. The maximum absolute atomic E-state index is 10.9. The van der Waals surface area contributed by atoms with Crippen LogP contribution in [0.1, 0.15) is 12.0 Å². The van der Waals surface area contributed by atoms with Crippen molar-refractivity contribution in [1.29, 1.82) is 0 Å². The van der Waals surface area contributed by atoms with Gasteiger partial charge in [0.2, 0.25) is 0 Å². The van der Waals surface area contributed by atoms with Crippen molar-refractivity contribution in [2.75, 3.05) is 27.2 Å². The van der Waals surface area contributed by atoms with E-state index in [1.807, 2.05) is 19.4 Å². The van der Waals surface area contributed by atoms with Crippen molar-refractivity contribution in [2.45, 2.75) is 12.8 Å². The number of methoxy groups -OCH3 is 1. The zero-order chi connectivity index (χ0) is 11.1. The minimum atomic E-state index is -0.150. The summed E-state index contributed by atoms with van der Waals surface area (Å²) in [4.78, 5) is 16.0. The maximum atomic E-state index is 10.9. The third kappa shape index (κ3) is 4.65. The Morgan fingerprint density at radius 2 is 2.33 bits per heavy atom. The summed E-state index contributed by atoms with van der Waals surface area (Å²) in [5.41, 5.74) is 1.29. The molecule has 1 aromatic rings. The lowest BCUT2D eigenvalue weighted by molar-refractivity contribution is -0.140. The molecule has 0 aliphatic heterocycles. The van der Waals surface area contributed by atoms with Crippen LogP contribution in [0.3, 0.4) is 0 Å². The number of nitrogens with zero attached hydrogens (tertiary/aromatic N) is 1. The molecular weight excluding hydrogens is 192 g/mol. The Kier molecular flexibility index (Phi) is 4.90. The first kappa shape index (κ1) is 11.8. The van der Waals surface area contributed by atoms with Crippen LogP contribution in [0.15, 0.2) is 18.5 Å². The number of aromatic amines is 1. The number of nitrogens with one attached hydrogen (secondary N) is 1. The minimum absolute atomic E-state index is 0.150. The van der Waals surface area contributed by atoms with Gasteiger partial charge in [-0.2, -0.15) is 0 Å². The number of hydrogen-bond acceptors (Lipinski definition) is 3. The van der Waals surface area contributed by atoms with Crippen molar-refractivity contribution in [3.05, 3.63) is 24.0 Å². The summed E-state index contributed by atoms with van der Waals surface area (Å²) in [7, 11) is 3.43. The first-order valence-corrected chi connectivity index (χ1v) is 5.09. The third-order valence-corrected chi connectivity index (χ3v) is 2.37. The molecule has 1 aromatic heterocycles. The second-order valence-electron chi connectivity index (χ2n) is 3.60. The number of H-pyrrole nitrogens is 1. The molecule has 84 valence electrons. The third-order valence-electron chi connectivity index (χ3n) is 2.37. The molecule has 0 saturated heterocycles. The standard InChI is InChI=1S/C11H18N2O2/c1-13(8-5-11(14)15-2)7-4-10-3-6-12-9-10/h3,6,9,12H,4-5,7-8H2,1-2H3.